The third kappa shape index (κ3) is 2.46. The number of hydrogen-bond acceptors (Lipinski definition) is 2. The Kier molecular flexibility index (Phi) is 3.81. The predicted octanol–water partition coefficient (Wildman–Crippen LogP) is 2.98. The largest absolute Gasteiger partial charge is 0.317 e. The number of rotatable bonds is 2. The highest BCUT2D eigenvalue weighted by Gasteiger charge is 2.28. The highest BCUT2D eigenvalue weighted by molar-refractivity contribution is 5.32. The van der Waals surface area contributed by atoms with Gasteiger partial charge in [-0.2, -0.15) is 5.10 Å². The van der Waals surface area contributed by atoms with E-state index in [-0.39, 0.29) is 5.41 Å². The molecular weight excluding hydrogens is 222 g/mol. The van der Waals surface area contributed by atoms with Crippen molar-refractivity contribution in [1.29, 1.82) is 0 Å². The Hall–Kier alpha value is -0.830. The average molecular weight is 249 g/mol. The first-order valence-corrected chi connectivity index (χ1v) is 7.23. The summed E-state index contributed by atoms with van der Waals surface area (Å²) in [7, 11) is 0. The molecule has 1 aromatic heterocycles. The molecule has 18 heavy (non-hydrogen) atoms. The van der Waals surface area contributed by atoms with Gasteiger partial charge in [-0.15, -0.1) is 0 Å². The SMILES string of the molecule is CCn1nc(C(C)(C)C)c(C)c1C1CCNCC1. The maximum atomic E-state index is 4.87. The van der Waals surface area contributed by atoms with Crippen molar-refractivity contribution in [3.63, 3.8) is 0 Å². The molecule has 2 rings (SSSR count). The van der Waals surface area contributed by atoms with Gasteiger partial charge in [0.15, 0.2) is 0 Å². The number of aromatic nitrogens is 2. The third-order valence-electron chi connectivity index (χ3n) is 3.97. The first-order chi connectivity index (χ1) is 8.45. The molecule has 1 aliphatic rings. The van der Waals surface area contributed by atoms with Gasteiger partial charge in [-0.1, -0.05) is 20.8 Å². The summed E-state index contributed by atoms with van der Waals surface area (Å²) in [6, 6.07) is 0. The second-order valence-corrected chi connectivity index (χ2v) is 6.45. The molecule has 0 spiro atoms. The van der Waals surface area contributed by atoms with Crippen LogP contribution >= 0.6 is 0 Å². The van der Waals surface area contributed by atoms with Crippen LogP contribution in [0.2, 0.25) is 0 Å². The zero-order valence-electron chi connectivity index (χ0n) is 12.5. The van der Waals surface area contributed by atoms with Crippen LogP contribution in [0.5, 0.6) is 0 Å². The van der Waals surface area contributed by atoms with Crippen molar-refractivity contribution in [3.05, 3.63) is 17.0 Å². The van der Waals surface area contributed by atoms with E-state index in [4.69, 9.17) is 5.10 Å². The van der Waals surface area contributed by atoms with Crippen molar-refractivity contribution in [2.75, 3.05) is 13.1 Å². The Labute approximate surface area is 111 Å². The number of nitrogens with zero attached hydrogens (tertiary/aromatic N) is 2. The Balaban J connectivity index is 2.42. The lowest BCUT2D eigenvalue weighted by Gasteiger charge is -2.24. The van der Waals surface area contributed by atoms with Gasteiger partial charge in [-0.05, 0) is 45.3 Å². The molecule has 0 unspecified atom stereocenters. The molecule has 0 amide bonds. The molecule has 1 fully saturated rings. The Morgan fingerprint density at radius 2 is 1.89 bits per heavy atom. The van der Waals surface area contributed by atoms with Crippen molar-refractivity contribution in [1.82, 2.24) is 15.1 Å². The van der Waals surface area contributed by atoms with Crippen molar-refractivity contribution >= 4 is 0 Å². The predicted molar refractivity (Wildman–Crippen MR) is 76.2 cm³/mol. The molecule has 3 nitrogen and oxygen atoms in total. The summed E-state index contributed by atoms with van der Waals surface area (Å²) < 4.78 is 2.24. The van der Waals surface area contributed by atoms with E-state index in [9.17, 15) is 0 Å². The normalized spacial score (nSPS) is 18.3. The molecule has 0 atom stereocenters. The van der Waals surface area contributed by atoms with Crippen LogP contribution in [0.15, 0.2) is 0 Å². The fraction of sp³-hybridized carbons (Fsp3) is 0.800. The van der Waals surface area contributed by atoms with Gasteiger partial charge in [0, 0.05) is 23.6 Å². The van der Waals surface area contributed by atoms with E-state index >= 15 is 0 Å². The molecule has 0 bridgehead atoms. The zero-order valence-corrected chi connectivity index (χ0v) is 12.5. The topological polar surface area (TPSA) is 29.9 Å². The molecule has 2 heterocycles. The maximum absolute atomic E-state index is 4.87. The lowest BCUT2D eigenvalue weighted by atomic mass is 9.85. The summed E-state index contributed by atoms with van der Waals surface area (Å²) >= 11 is 0. The minimum atomic E-state index is 0.145. The van der Waals surface area contributed by atoms with Gasteiger partial charge in [0.25, 0.3) is 0 Å². The minimum absolute atomic E-state index is 0.145. The van der Waals surface area contributed by atoms with E-state index < -0.39 is 0 Å². The fourth-order valence-electron chi connectivity index (χ4n) is 3.13. The first-order valence-electron chi connectivity index (χ1n) is 7.23. The molecule has 1 aromatic rings. The monoisotopic (exact) mass is 249 g/mol. The van der Waals surface area contributed by atoms with Gasteiger partial charge >= 0.3 is 0 Å². The van der Waals surface area contributed by atoms with Crippen LogP contribution in [-0.4, -0.2) is 22.9 Å². The Morgan fingerprint density at radius 3 is 2.39 bits per heavy atom. The van der Waals surface area contributed by atoms with Gasteiger partial charge in [0.1, 0.15) is 0 Å². The molecule has 3 heteroatoms. The summed E-state index contributed by atoms with van der Waals surface area (Å²) in [6.07, 6.45) is 2.49. The van der Waals surface area contributed by atoms with Crippen LogP contribution in [0.3, 0.4) is 0 Å². The second-order valence-electron chi connectivity index (χ2n) is 6.45. The van der Waals surface area contributed by atoms with Gasteiger partial charge in [-0.25, -0.2) is 0 Å². The van der Waals surface area contributed by atoms with Gasteiger partial charge in [-0.3, -0.25) is 4.68 Å². The molecule has 0 saturated carbocycles. The zero-order chi connectivity index (χ0) is 13.3. The van der Waals surface area contributed by atoms with E-state index in [1.54, 1.807) is 0 Å². The molecule has 0 aromatic carbocycles. The van der Waals surface area contributed by atoms with Crippen LogP contribution in [0, 0.1) is 6.92 Å². The summed E-state index contributed by atoms with van der Waals surface area (Å²) in [4.78, 5) is 0. The van der Waals surface area contributed by atoms with Gasteiger partial charge in [0.2, 0.25) is 0 Å². The Bertz CT molecular complexity index is 406. The van der Waals surface area contributed by atoms with Gasteiger partial charge in [0.05, 0.1) is 5.69 Å². The number of piperidine rings is 1. The first kappa shape index (κ1) is 13.6. The van der Waals surface area contributed by atoms with E-state index in [1.165, 1.54) is 29.8 Å². The highest BCUT2D eigenvalue weighted by atomic mass is 15.3. The van der Waals surface area contributed by atoms with Crippen LogP contribution in [0.25, 0.3) is 0 Å². The number of hydrogen-bond donors (Lipinski definition) is 1. The molecule has 0 aliphatic carbocycles. The maximum Gasteiger partial charge on any atom is 0.0710 e. The van der Waals surface area contributed by atoms with Crippen LogP contribution in [-0.2, 0) is 12.0 Å². The quantitative estimate of drug-likeness (QED) is 0.873. The number of nitrogens with one attached hydrogen (secondary N) is 1. The third-order valence-corrected chi connectivity index (χ3v) is 3.97. The molecule has 1 aliphatic heterocycles. The number of aryl methyl sites for hydroxylation is 1. The summed E-state index contributed by atoms with van der Waals surface area (Å²) in [6.45, 7) is 14.5. The molecule has 0 radical (unpaired) electrons. The molecular formula is C15H27N3. The summed E-state index contributed by atoms with van der Waals surface area (Å²) in [5.41, 5.74) is 4.34. The van der Waals surface area contributed by atoms with E-state index in [2.05, 4.69) is 44.6 Å². The van der Waals surface area contributed by atoms with Crippen molar-refractivity contribution in [3.8, 4) is 0 Å². The van der Waals surface area contributed by atoms with E-state index in [1.807, 2.05) is 0 Å². The lowest BCUT2D eigenvalue weighted by Crippen LogP contribution is -2.28. The van der Waals surface area contributed by atoms with E-state index in [0.29, 0.717) is 5.92 Å². The van der Waals surface area contributed by atoms with Crippen molar-refractivity contribution in [2.24, 2.45) is 0 Å². The van der Waals surface area contributed by atoms with Crippen LogP contribution < -0.4 is 5.32 Å². The lowest BCUT2D eigenvalue weighted by molar-refractivity contribution is 0.430. The van der Waals surface area contributed by atoms with Crippen molar-refractivity contribution < 1.29 is 0 Å². The minimum Gasteiger partial charge on any atom is -0.317 e. The summed E-state index contributed by atoms with van der Waals surface area (Å²) in [5.74, 6) is 0.690. The van der Waals surface area contributed by atoms with Crippen LogP contribution in [0.1, 0.15) is 63.4 Å². The molecule has 102 valence electrons. The average Bonchev–Trinajstić information content (AvgIpc) is 2.67. The van der Waals surface area contributed by atoms with Gasteiger partial charge < -0.3 is 5.32 Å². The second kappa shape index (κ2) is 5.04. The van der Waals surface area contributed by atoms with Crippen molar-refractivity contribution in [2.45, 2.75) is 65.3 Å². The Morgan fingerprint density at radius 1 is 1.28 bits per heavy atom. The van der Waals surface area contributed by atoms with Crippen LogP contribution in [0.4, 0.5) is 0 Å². The fourth-order valence-corrected chi connectivity index (χ4v) is 3.13. The smallest absolute Gasteiger partial charge is 0.0710 e. The highest BCUT2D eigenvalue weighted by Crippen LogP contribution is 2.33. The standard InChI is InChI=1S/C15H27N3/c1-6-18-13(12-7-9-16-10-8-12)11(2)14(17-18)15(3,4)5/h12,16H,6-10H2,1-5H3. The summed E-state index contributed by atoms with van der Waals surface area (Å²) in [5, 5.41) is 8.32. The molecule has 1 N–H and O–H groups in total. The molecule has 1 saturated heterocycles. The van der Waals surface area contributed by atoms with E-state index in [0.717, 1.165) is 19.6 Å².